The Kier molecular flexibility index (Phi) is 5.14. The van der Waals surface area contributed by atoms with E-state index in [4.69, 9.17) is 14.3 Å². The molecule has 1 aliphatic carbocycles. The van der Waals surface area contributed by atoms with E-state index in [-0.39, 0.29) is 6.61 Å². The molecule has 6 rings (SSSR count). The fourth-order valence-electron chi connectivity index (χ4n) is 4.76. The maximum Gasteiger partial charge on any atom is 0.310 e. The Labute approximate surface area is 220 Å². The zero-order chi connectivity index (χ0) is 27.7. The van der Waals surface area contributed by atoms with E-state index in [2.05, 4.69) is 15.2 Å². The fraction of sp³-hybridized carbons (Fsp3) is 0.320. The summed E-state index contributed by atoms with van der Waals surface area (Å²) in [7, 11) is -8.23. The second-order valence-electron chi connectivity index (χ2n) is 9.85. The van der Waals surface area contributed by atoms with Crippen LogP contribution in [0.25, 0.3) is 11.8 Å². The molecule has 208 valence electrons. The van der Waals surface area contributed by atoms with Crippen molar-refractivity contribution >= 4 is 22.1 Å². The van der Waals surface area contributed by atoms with Gasteiger partial charge in [0, 0.05) is 0 Å². The number of hydrogen-bond donors (Lipinski definition) is 0. The monoisotopic (exact) mass is 569 g/mol. The van der Waals surface area contributed by atoms with Gasteiger partial charge in [0.25, 0.3) is 0 Å². The Hall–Kier alpha value is -3.81. The number of fused-ring (bicyclic) bond motifs is 1. The first-order chi connectivity index (χ1) is 18.2. The summed E-state index contributed by atoms with van der Waals surface area (Å²) in [6.45, 7) is 2.26. The molecular formula is C25H24F5N5O3S. The molecule has 0 amide bonds. The summed E-state index contributed by atoms with van der Waals surface area (Å²) in [6, 6.07) is 7.94. The number of amidine groups is 1. The average Bonchev–Trinajstić information content (AvgIpc) is 3.47. The molecule has 2 fully saturated rings. The van der Waals surface area contributed by atoms with Crippen molar-refractivity contribution in [3.63, 3.8) is 0 Å². The van der Waals surface area contributed by atoms with Gasteiger partial charge in [0.1, 0.15) is 40.7 Å². The summed E-state index contributed by atoms with van der Waals surface area (Å²) in [5, 5.41) is 8.51. The maximum atomic E-state index is 13.2. The van der Waals surface area contributed by atoms with E-state index in [1.165, 1.54) is 0 Å². The molecule has 3 aliphatic rings. The van der Waals surface area contributed by atoms with Crippen molar-refractivity contribution in [1.29, 1.82) is 0 Å². The van der Waals surface area contributed by atoms with E-state index >= 15 is 0 Å². The predicted octanol–water partition coefficient (Wildman–Crippen LogP) is 6.53. The van der Waals surface area contributed by atoms with Gasteiger partial charge in [-0.25, -0.2) is 9.67 Å². The van der Waals surface area contributed by atoms with Crippen LogP contribution in [0, 0.1) is 6.92 Å². The third-order valence-electron chi connectivity index (χ3n) is 6.91. The second-order valence-corrected chi connectivity index (χ2v) is 12.3. The van der Waals surface area contributed by atoms with E-state index < -0.39 is 26.8 Å². The van der Waals surface area contributed by atoms with Gasteiger partial charge in [-0.2, -0.15) is 5.10 Å². The number of methoxy groups -OCH3 is 1. The Morgan fingerprint density at radius 2 is 1.82 bits per heavy atom. The van der Waals surface area contributed by atoms with E-state index in [9.17, 15) is 19.4 Å². The molecule has 2 aliphatic heterocycles. The number of ether oxygens (including phenoxy) is 2. The number of aryl methyl sites for hydroxylation is 1. The van der Waals surface area contributed by atoms with Gasteiger partial charge in [-0.05, 0) is 61.2 Å². The van der Waals surface area contributed by atoms with E-state index in [0.29, 0.717) is 53.1 Å². The molecule has 39 heavy (non-hydrogen) atoms. The Morgan fingerprint density at radius 3 is 2.44 bits per heavy atom. The van der Waals surface area contributed by atoms with E-state index in [0.717, 1.165) is 30.5 Å². The quantitative estimate of drug-likeness (QED) is 0.325. The number of morpholine rings is 1. The molecule has 0 bridgehead atoms. The molecule has 1 saturated heterocycles. The van der Waals surface area contributed by atoms with Gasteiger partial charge in [0.15, 0.2) is 5.76 Å². The third kappa shape index (κ3) is 4.88. The number of oxime groups is 1. The van der Waals surface area contributed by atoms with Gasteiger partial charge in [-0.1, -0.05) is 42.8 Å². The summed E-state index contributed by atoms with van der Waals surface area (Å²) < 4.78 is 79.7. The summed E-state index contributed by atoms with van der Waals surface area (Å²) >= 11 is 0. The van der Waals surface area contributed by atoms with Crippen molar-refractivity contribution in [2.75, 3.05) is 20.3 Å². The minimum atomic E-state index is -9.77. The third-order valence-corrected chi connectivity index (χ3v) is 8.07. The van der Waals surface area contributed by atoms with Crippen molar-refractivity contribution in [3.8, 4) is 11.4 Å². The lowest BCUT2D eigenvalue weighted by Gasteiger charge is -2.44. The predicted molar refractivity (Wildman–Crippen MR) is 134 cm³/mol. The lowest BCUT2D eigenvalue weighted by molar-refractivity contribution is -0.00392. The molecule has 8 nitrogen and oxygen atoms in total. The molecule has 1 unspecified atom stereocenters. The highest BCUT2D eigenvalue weighted by atomic mass is 32.5. The lowest BCUT2D eigenvalue weighted by atomic mass is 10.0. The molecule has 1 saturated carbocycles. The summed E-state index contributed by atoms with van der Waals surface area (Å²) in [5.41, 5.74) is 1.37. The van der Waals surface area contributed by atoms with E-state index in [1.807, 2.05) is 23.1 Å². The maximum absolute atomic E-state index is 13.2. The van der Waals surface area contributed by atoms with Crippen LogP contribution >= 0.6 is 10.2 Å². The van der Waals surface area contributed by atoms with Crippen molar-refractivity contribution in [2.45, 2.75) is 36.3 Å². The number of halogens is 5. The Bertz CT molecular complexity index is 1520. The van der Waals surface area contributed by atoms with Crippen LogP contribution in [-0.4, -0.2) is 51.4 Å². The minimum Gasteiger partial charge on any atom is -0.494 e. The number of nitrogens with zero attached hydrogens (tertiary/aromatic N) is 5. The van der Waals surface area contributed by atoms with Crippen molar-refractivity contribution in [1.82, 2.24) is 19.7 Å². The molecule has 3 aromatic rings. The highest BCUT2D eigenvalue weighted by molar-refractivity contribution is 8.45. The number of rotatable bonds is 5. The highest BCUT2D eigenvalue weighted by Crippen LogP contribution is 3.02. The Morgan fingerprint density at radius 1 is 1.08 bits per heavy atom. The van der Waals surface area contributed by atoms with Gasteiger partial charge < -0.3 is 19.2 Å². The molecule has 14 heteroatoms. The van der Waals surface area contributed by atoms with Crippen LogP contribution in [0.4, 0.5) is 19.4 Å². The van der Waals surface area contributed by atoms with E-state index in [1.54, 1.807) is 31.1 Å². The van der Waals surface area contributed by atoms with Gasteiger partial charge in [-0.15, -0.1) is 0 Å². The zero-order valence-electron chi connectivity index (χ0n) is 20.9. The van der Waals surface area contributed by atoms with Gasteiger partial charge in [0.05, 0.1) is 19.7 Å². The van der Waals surface area contributed by atoms with Crippen LogP contribution in [0.5, 0.6) is 5.75 Å². The van der Waals surface area contributed by atoms with Gasteiger partial charge in [-0.3, -0.25) is 0 Å². The molecular weight excluding hydrogens is 545 g/mol. The molecule has 1 aromatic heterocycles. The molecule has 3 heterocycles. The highest BCUT2D eigenvalue weighted by Gasteiger charge is 2.65. The molecule has 2 aromatic carbocycles. The summed E-state index contributed by atoms with van der Waals surface area (Å²) in [5.74, 6) is 1.96. The van der Waals surface area contributed by atoms with Crippen LogP contribution in [0.1, 0.15) is 35.8 Å². The smallest absolute Gasteiger partial charge is 0.310 e. The molecule has 0 radical (unpaired) electrons. The van der Waals surface area contributed by atoms with Crippen LogP contribution < -0.4 is 4.74 Å². The summed E-state index contributed by atoms with van der Waals surface area (Å²) in [4.78, 5) is 9.57. The first kappa shape index (κ1) is 25.5. The average molecular weight is 570 g/mol. The lowest BCUT2D eigenvalue weighted by Crippen LogP contribution is -2.51. The molecule has 1 atom stereocenters. The van der Waals surface area contributed by atoms with Crippen LogP contribution in [-0.2, 0) is 9.57 Å². The normalized spacial score (nSPS) is 22.7. The van der Waals surface area contributed by atoms with Crippen molar-refractivity contribution in [3.05, 3.63) is 71.5 Å². The van der Waals surface area contributed by atoms with Gasteiger partial charge in [0.2, 0.25) is 5.84 Å². The van der Waals surface area contributed by atoms with Crippen LogP contribution in [0.3, 0.4) is 0 Å². The van der Waals surface area contributed by atoms with Gasteiger partial charge >= 0.3 is 10.2 Å². The van der Waals surface area contributed by atoms with Crippen molar-refractivity contribution in [2.24, 2.45) is 5.16 Å². The summed E-state index contributed by atoms with van der Waals surface area (Å²) in [6.07, 6.45) is 4.95. The van der Waals surface area contributed by atoms with Crippen LogP contribution in [0.15, 0.2) is 64.6 Å². The number of hydrogen-bond acceptors (Lipinski definition) is 7. The zero-order valence-corrected chi connectivity index (χ0v) is 21.7. The van der Waals surface area contributed by atoms with Crippen LogP contribution in [0.2, 0.25) is 0 Å². The first-order valence-electron chi connectivity index (χ1n) is 12.0. The first-order valence-corrected chi connectivity index (χ1v) is 14.0. The van der Waals surface area contributed by atoms with Crippen molar-refractivity contribution < 1.29 is 33.7 Å². The molecule has 0 N–H and O–H groups in total. The second kappa shape index (κ2) is 7.87. The SMILES string of the molecule is COc1cc(C=C2OC3(CC3)CN3C2=NOCC3c2ccc(S(F)(F)(F)(F)F)cc2)ccc1-n1cnc(C)n1. The molecule has 1 spiro atoms. The Balaban J connectivity index is 1.33. The topological polar surface area (TPSA) is 74.0 Å². The number of benzene rings is 2. The standard InChI is InChI=1S/C25H24F5N5O3S/c1-16-31-15-35(32-16)20-8-3-17(11-22(20)36-2)12-23-24-33-37-13-21(34(24)14-25(38-23)9-10-25)18-4-6-19(7-5-18)39(26,27,28,29)30/h3-8,11-12,15,21H,9-10,13-14H2,1-2H3. The minimum absolute atomic E-state index is 0.0441. The fourth-order valence-corrected chi connectivity index (χ4v) is 5.41. The number of aromatic nitrogens is 3. The largest absolute Gasteiger partial charge is 0.494 e.